The van der Waals surface area contributed by atoms with Gasteiger partial charge >= 0.3 is 0 Å². The molecular formula is C18H18BrN3O2S2. The molecule has 3 rings (SSSR count). The van der Waals surface area contributed by atoms with Crippen LogP contribution in [0.15, 0.2) is 33.5 Å². The first-order valence-electron chi connectivity index (χ1n) is 8.02. The lowest BCUT2D eigenvalue weighted by Crippen LogP contribution is -2.23. The summed E-state index contributed by atoms with van der Waals surface area (Å²) in [4.78, 5) is 33.9. The van der Waals surface area contributed by atoms with Gasteiger partial charge < -0.3 is 10.3 Å². The maximum atomic E-state index is 12.3. The molecule has 26 heavy (non-hydrogen) atoms. The molecule has 0 fully saturated rings. The minimum absolute atomic E-state index is 0.0800. The Labute approximate surface area is 167 Å². The minimum atomic E-state index is -0.272. The standard InChI is InChI=1S/C18H18BrN3O2S2/c1-9-10(2)26-18-15(9)17(24)21-14(22-18)8-25-11(3)16(23)20-13-6-4-12(19)5-7-13/h4-7,11H,8H2,1-3H3,(H,20,23)(H,21,22,24). The zero-order valence-electron chi connectivity index (χ0n) is 14.6. The number of carbonyl (C=O) groups excluding carboxylic acids is 1. The number of amides is 1. The van der Waals surface area contributed by atoms with Crippen molar-refractivity contribution in [1.29, 1.82) is 0 Å². The predicted molar refractivity (Wildman–Crippen MR) is 113 cm³/mol. The number of anilines is 1. The highest BCUT2D eigenvalue weighted by atomic mass is 79.9. The Hall–Kier alpha value is -1.64. The summed E-state index contributed by atoms with van der Waals surface area (Å²) in [7, 11) is 0. The van der Waals surface area contributed by atoms with Gasteiger partial charge in [-0.05, 0) is 50.6 Å². The van der Waals surface area contributed by atoms with E-state index in [0.29, 0.717) is 17.0 Å². The van der Waals surface area contributed by atoms with Crippen LogP contribution in [0.4, 0.5) is 5.69 Å². The van der Waals surface area contributed by atoms with E-state index >= 15 is 0 Å². The fourth-order valence-corrected chi connectivity index (χ4v) is 4.49. The lowest BCUT2D eigenvalue weighted by atomic mass is 10.2. The number of hydrogen-bond acceptors (Lipinski definition) is 5. The first kappa shape index (κ1) is 19.1. The summed E-state index contributed by atoms with van der Waals surface area (Å²) >= 11 is 6.33. The highest BCUT2D eigenvalue weighted by Gasteiger charge is 2.16. The van der Waals surface area contributed by atoms with Crippen LogP contribution in [0.25, 0.3) is 10.2 Å². The van der Waals surface area contributed by atoms with Gasteiger partial charge in [0.2, 0.25) is 5.91 Å². The molecule has 0 spiro atoms. The maximum Gasteiger partial charge on any atom is 0.259 e. The summed E-state index contributed by atoms with van der Waals surface area (Å²) in [5.41, 5.74) is 1.63. The molecule has 2 heterocycles. The van der Waals surface area contributed by atoms with Crippen LogP contribution in [-0.2, 0) is 10.5 Å². The molecular weight excluding hydrogens is 434 g/mol. The van der Waals surface area contributed by atoms with E-state index in [4.69, 9.17) is 0 Å². The fraction of sp³-hybridized carbons (Fsp3) is 0.278. The number of thiophene rings is 1. The van der Waals surface area contributed by atoms with E-state index in [1.54, 1.807) is 0 Å². The molecule has 1 amide bonds. The molecule has 5 nitrogen and oxygen atoms in total. The Morgan fingerprint density at radius 2 is 2.04 bits per heavy atom. The first-order valence-corrected chi connectivity index (χ1v) is 10.7. The number of H-pyrrole nitrogens is 1. The number of aromatic amines is 1. The summed E-state index contributed by atoms with van der Waals surface area (Å²) in [6, 6.07) is 7.44. The van der Waals surface area contributed by atoms with Crippen molar-refractivity contribution in [3.8, 4) is 0 Å². The van der Waals surface area contributed by atoms with Crippen molar-refractivity contribution in [2.75, 3.05) is 5.32 Å². The molecule has 1 unspecified atom stereocenters. The number of benzene rings is 1. The number of fused-ring (bicyclic) bond motifs is 1. The van der Waals surface area contributed by atoms with Crippen molar-refractivity contribution in [3.63, 3.8) is 0 Å². The second-order valence-electron chi connectivity index (χ2n) is 5.93. The normalized spacial score (nSPS) is 12.3. The molecule has 1 atom stereocenters. The van der Waals surface area contributed by atoms with Gasteiger partial charge in [0.05, 0.1) is 16.4 Å². The van der Waals surface area contributed by atoms with Gasteiger partial charge in [-0.15, -0.1) is 23.1 Å². The molecule has 2 aromatic heterocycles. The highest BCUT2D eigenvalue weighted by molar-refractivity contribution is 9.10. The number of halogens is 1. The van der Waals surface area contributed by atoms with Gasteiger partial charge in [-0.25, -0.2) is 4.98 Å². The van der Waals surface area contributed by atoms with E-state index in [1.807, 2.05) is 45.0 Å². The number of aromatic nitrogens is 2. The molecule has 1 aromatic carbocycles. The third-order valence-corrected chi connectivity index (χ3v) is 6.82. The van der Waals surface area contributed by atoms with Crippen molar-refractivity contribution in [2.24, 2.45) is 0 Å². The number of rotatable bonds is 5. The molecule has 3 aromatic rings. The van der Waals surface area contributed by atoms with Crippen molar-refractivity contribution in [3.05, 3.63) is 55.4 Å². The summed E-state index contributed by atoms with van der Waals surface area (Å²) in [5, 5.41) is 3.28. The quantitative estimate of drug-likeness (QED) is 0.592. The Morgan fingerprint density at radius 3 is 2.73 bits per heavy atom. The number of aryl methyl sites for hydroxylation is 2. The Balaban J connectivity index is 1.66. The van der Waals surface area contributed by atoms with E-state index in [1.165, 1.54) is 23.1 Å². The van der Waals surface area contributed by atoms with E-state index < -0.39 is 0 Å². The smallest absolute Gasteiger partial charge is 0.259 e. The second kappa shape index (κ2) is 7.94. The molecule has 0 aliphatic carbocycles. The summed E-state index contributed by atoms with van der Waals surface area (Å²) in [6.45, 7) is 5.77. The summed E-state index contributed by atoms with van der Waals surface area (Å²) in [6.07, 6.45) is 0. The molecule has 2 N–H and O–H groups in total. The highest BCUT2D eigenvalue weighted by Crippen LogP contribution is 2.26. The number of nitrogens with zero attached hydrogens (tertiary/aromatic N) is 1. The Morgan fingerprint density at radius 1 is 1.35 bits per heavy atom. The number of thioether (sulfide) groups is 1. The molecule has 0 saturated heterocycles. The average molecular weight is 452 g/mol. The van der Waals surface area contributed by atoms with Crippen LogP contribution in [0.2, 0.25) is 0 Å². The van der Waals surface area contributed by atoms with Crippen molar-refractivity contribution < 1.29 is 4.79 Å². The third-order valence-electron chi connectivity index (χ3n) is 4.04. The van der Waals surface area contributed by atoms with Gasteiger partial charge in [0.25, 0.3) is 5.56 Å². The van der Waals surface area contributed by atoms with Gasteiger partial charge in [0.15, 0.2) is 0 Å². The third kappa shape index (κ3) is 4.19. The maximum absolute atomic E-state index is 12.3. The second-order valence-corrected chi connectivity index (χ2v) is 9.37. The fourth-order valence-electron chi connectivity index (χ4n) is 2.42. The Bertz CT molecular complexity index is 1010. The topological polar surface area (TPSA) is 74.8 Å². The van der Waals surface area contributed by atoms with E-state index in [-0.39, 0.29) is 16.7 Å². The monoisotopic (exact) mass is 451 g/mol. The van der Waals surface area contributed by atoms with Crippen LogP contribution >= 0.6 is 39.0 Å². The van der Waals surface area contributed by atoms with E-state index in [9.17, 15) is 9.59 Å². The molecule has 0 saturated carbocycles. The Kier molecular flexibility index (Phi) is 5.84. The van der Waals surface area contributed by atoms with E-state index in [2.05, 4.69) is 31.2 Å². The van der Waals surface area contributed by atoms with Crippen LogP contribution in [0, 0.1) is 13.8 Å². The zero-order valence-corrected chi connectivity index (χ0v) is 17.8. The van der Waals surface area contributed by atoms with Crippen LogP contribution in [0.1, 0.15) is 23.2 Å². The van der Waals surface area contributed by atoms with Gasteiger partial charge in [-0.2, -0.15) is 0 Å². The average Bonchev–Trinajstić information content (AvgIpc) is 2.89. The molecule has 0 radical (unpaired) electrons. The number of nitrogens with one attached hydrogen (secondary N) is 2. The lowest BCUT2D eigenvalue weighted by molar-refractivity contribution is -0.115. The molecule has 0 aliphatic rings. The number of carbonyl (C=O) groups is 1. The molecule has 8 heteroatoms. The van der Waals surface area contributed by atoms with Gasteiger partial charge in [-0.1, -0.05) is 15.9 Å². The van der Waals surface area contributed by atoms with Crippen LogP contribution in [0.3, 0.4) is 0 Å². The predicted octanol–water partition coefficient (Wildman–Crippen LogP) is 4.62. The van der Waals surface area contributed by atoms with E-state index in [0.717, 1.165) is 25.4 Å². The van der Waals surface area contributed by atoms with Gasteiger partial charge in [0.1, 0.15) is 10.7 Å². The van der Waals surface area contributed by atoms with Crippen molar-refractivity contribution in [2.45, 2.75) is 31.8 Å². The molecule has 0 aliphatic heterocycles. The SMILES string of the molecule is Cc1sc2nc(CSC(C)C(=O)Nc3ccc(Br)cc3)[nH]c(=O)c2c1C. The van der Waals surface area contributed by atoms with Gasteiger partial charge in [-0.3, -0.25) is 9.59 Å². The molecule has 136 valence electrons. The number of hydrogen-bond donors (Lipinski definition) is 2. The van der Waals surface area contributed by atoms with Gasteiger partial charge in [0, 0.05) is 15.0 Å². The van der Waals surface area contributed by atoms with Crippen LogP contribution in [-0.4, -0.2) is 21.1 Å². The van der Waals surface area contributed by atoms with Crippen molar-refractivity contribution >= 4 is 60.8 Å². The van der Waals surface area contributed by atoms with Crippen LogP contribution in [0.5, 0.6) is 0 Å². The van der Waals surface area contributed by atoms with Crippen molar-refractivity contribution in [1.82, 2.24) is 9.97 Å². The lowest BCUT2D eigenvalue weighted by Gasteiger charge is -2.12. The minimum Gasteiger partial charge on any atom is -0.325 e. The first-order chi connectivity index (χ1) is 12.3. The molecule has 0 bridgehead atoms. The largest absolute Gasteiger partial charge is 0.325 e. The zero-order chi connectivity index (χ0) is 18.8. The summed E-state index contributed by atoms with van der Waals surface area (Å²) in [5.74, 6) is 0.983. The summed E-state index contributed by atoms with van der Waals surface area (Å²) < 4.78 is 0.961. The van der Waals surface area contributed by atoms with Crippen LogP contribution < -0.4 is 10.9 Å².